The van der Waals surface area contributed by atoms with Gasteiger partial charge in [-0.15, -0.1) is 0 Å². The molecule has 0 N–H and O–H groups in total. The van der Waals surface area contributed by atoms with E-state index >= 15 is 0 Å². The van der Waals surface area contributed by atoms with Gasteiger partial charge in [0.05, 0.1) is 0 Å². The molecule has 0 rings (SSSR count). The van der Waals surface area contributed by atoms with Gasteiger partial charge in [-0.3, -0.25) is 0 Å². The van der Waals surface area contributed by atoms with Gasteiger partial charge in [0.15, 0.2) is 0 Å². The molecular weight excluding hydrogens is 83.1 g/mol. The Labute approximate surface area is 53.4 Å². The van der Waals surface area contributed by atoms with Crippen LogP contribution in [0.25, 0.3) is 0 Å². The first-order valence-electron chi connectivity index (χ1n) is 0. The monoisotopic (exact) mass is 91.0 g/mol. The first-order chi connectivity index (χ1) is 0. The molecule has 0 atom stereocenters. The molecule has 0 nitrogen and oxygen atoms in total. The average molecular weight is 91.2 g/mol. The van der Waals surface area contributed by atoms with E-state index in [1.54, 1.807) is 0 Å². The Morgan fingerprint density at radius 3 is 0.750 bits per heavy atom. The largest absolute Gasteiger partial charge is 0.197 e. The van der Waals surface area contributed by atoms with Crippen LogP contribution >= 0.6 is 27.0 Å². The second-order valence-corrected chi connectivity index (χ2v) is 0. The molecule has 0 bridgehead atoms. The summed E-state index contributed by atoms with van der Waals surface area (Å²) in [5.74, 6) is 0. The van der Waals surface area contributed by atoms with Gasteiger partial charge in [-0.2, -0.15) is 27.0 Å². The second-order valence-electron chi connectivity index (χ2n) is 0. The maximum absolute atomic E-state index is 0. The summed E-state index contributed by atoms with van der Waals surface area (Å²) in [6.45, 7) is 0. The first-order valence-corrected chi connectivity index (χ1v) is 0. The van der Waals surface area contributed by atoms with Crippen LogP contribution in [0, 0.1) is 0 Å². The Morgan fingerprint density at radius 2 is 0.750 bits per heavy atom. The Balaban J connectivity index is 0. The molecule has 0 saturated heterocycles. The van der Waals surface area contributed by atoms with Crippen molar-refractivity contribution in [2.24, 2.45) is 0 Å². The van der Waals surface area contributed by atoms with Gasteiger partial charge in [-0.25, -0.2) is 0 Å². The molecule has 0 aromatic heterocycles. The zero-order chi connectivity index (χ0) is 0. The summed E-state index contributed by atoms with van der Waals surface area (Å²) in [5.41, 5.74) is 0. The quantitative estimate of drug-likeness (QED) is 0.380. The third-order valence-electron chi connectivity index (χ3n) is 0. The predicted octanol–water partition coefficient (Wildman–Crippen LogP) is 0.481. The molecule has 0 fully saturated rings. The van der Waals surface area contributed by atoms with Crippen molar-refractivity contribution in [1.82, 2.24) is 0 Å². The fourth-order valence-electron chi connectivity index (χ4n) is 0. The molecule has 0 unspecified atom stereocenters. The molecule has 1 radical (unpaired) electrons. The molecule has 0 aliphatic carbocycles. The standard InChI is InChI=1S/CH4.Li.2H2S/h1H4;;2*1H2. The summed E-state index contributed by atoms with van der Waals surface area (Å²) >= 11 is 0. The van der Waals surface area contributed by atoms with Crippen molar-refractivity contribution in [3.05, 3.63) is 0 Å². The van der Waals surface area contributed by atoms with Crippen LogP contribution in [0.15, 0.2) is 0 Å². The zero-order valence-corrected chi connectivity index (χ0v) is 4.00. The predicted molar refractivity (Wildman–Crippen MR) is 33.2 cm³/mol. The van der Waals surface area contributed by atoms with Gasteiger partial charge >= 0.3 is 0 Å². The number of hydrogen-bond donors (Lipinski definition) is 0. The van der Waals surface area contributed by atoms with E-state index in [4.69, 9.17) is 0 Å². The third-order valence-corrected chi connectivity index (χ3v) is 0. The van der Waals surface area contributed by atoms with Gasteiger partial charge in [-0.1, -0.05) is 7.43 Å². The van der Waals surface area contributed by atoms with Crippen molar-refractivity contribution < 1.29 is 0 Å². The molecule has 25 valence electrons. The third kappa shape index (κ3) is 10.3. The number of hydrogen-bond acceptors (Lipinski definition) is 0. The fourth-order valence-corrected chi connectivity index (χ4v) is 0. The van der Waals surface area contributed by atoms with E-state index in [1.807, 2.05) is 0 Å². The fraction of sp³-hybridized carbons (Fsp3) is 1.00. The second kappa shape index (κ2) is 27.8. The van der Waals surface area contributed by atoms with Crippen LogP contribution < -0.4 is 0 Å². The Morgan fingerprint density at radius 1 is 0.750 bits per heavy atom. The molecule has 3 heteroatoms. The minimum absolute atomic E-state index is 0. The average Bonchev–Trinajstić information content (AvgIpc) is 0. The van der Waals surface area contributed by atoms with Crippen molar-refractivity contribution >= 4 is 45.9 Å². The summed E-state index contributed by atoms with van der Waals surface area (Å²) in [7, 11) is 0. The molecule has 0 aromatic rings. The molecule has 4 heavy (non-hydrogen) atoms. The number of rotatable bonds is 0. The smallest absolute Gasteiger partial charge is 0 e. The van der Waals surface area contributed by atoms with E-state index in [1.165, 1.54) is 0 Å². The first kappa shape index (κ1) is 58.1. The van der Waals surface area contributed by atoms with E-state index in [2.05, 4.69) is 0 Å². The van der Waals surface area contributed by atoms with Crippen LogP contribution in [0.1, 0.15) is 7.43 Å². The van der Waals surface area contributed by atoms with Crippen molar-refractivity contribution in [3.8, 4) is 0 Å². The molecule has 0 spiro atoms. The van der Waals surface area contributed by atoms with Crippen LogP contribution in [0.2, 0.25) is 0 Å². The van der Waals surface area contributed by atoms with E-state index in [9.17, 15) is 0 Å². The Hall–Kier alpha value is 1.30. The Kier molecular flexibility index (Phi) is 403. The summed E-state index contributed by atoms with van der Waals surface area (Å²) < 4.78 is 0. The molecule has 0 amide bonds. The summed E-state index contributed by atoms with van der Waals surface area (Å²) in [6.07, 6.45) is 0. The SMILES string of the molecule is C.S.S.[Li]. The molecule has 0 aliphatic rings. The molecule has 0 saturated carbocycles. The van der Waals surface area contributed by atoms with Crippen LogP contribution in [0.3, 0.4) is 0 Å². The minimum Gasteiger partial charge on any atom is -0.197 e. The molecule has 0 aromatic carbocycles. The van der Waals surface area contributed by atoms with Gasteiger partial charge in [0.2, 0.25) is 0 Å². The van der Waals surface area contributed by atoms with E-state index < -0.39 is 0 Å². The molecule has 0 aliphatic heterocycles. The van der Waals surface area contributed by atoms with Gasteiger partial charge < -0.3 is 0 Å². The van der Waals surface area contributed by atoms with Gasteiger partial charge in [0.25, 0.3) is 0 Å². The van der Waals surface area contributed by atoms with Crippen molar-refractivity contribution in [2.75, 3.05) is 0 Å². The molecular formula is CH8LiS2. The van der Waals surface area contributed by atoms with Crippen molar-refractivity contribution in [1.29, 1.82) is 0 Å². The summed E-state index contributed by atoms with van der Waals surface area (Å²) in [5, 5.41) is 0. The normalized spacial score (nSPS) is 0. The summed E-state index contributed by atoms with van der Waals surface area (Å²) in [4.78, 5) is 0. The van der Waals surface area contributed by atoms with Crippen LogP contribution in [0.5, 0.6) is 0 Å². The van der Waals surface area contributed by atoms with Gasteiger partial charge in [0, 0.05) is 18.9 Å². The maximum Gasteiger partial charge on any atom is 0 e. The van der Waals surface area contributed by atoms with Crippen LogP contribution in [-0.2, 0) is 0 Å². The van der Waals surface area contributed by atoms with Gasteiger partial charge in [0.1, 0.15) is 0 Å². The van der Waals surface area contributed by atoms with Crippen LogP contribution in [-0.4, -0.2) is 18.9 Å². The Bertz CT molecular complexity index is 6.00. The van der Waals surface area contributed by atoms with E-state index in [0.29, 0.717) is 0 Å². The zero-order valence-electron chi connectivity index (χ0n) is 2.00. The summed E-state index contributed by atoms with van der Waals surface area (Å²) in [6, 6.07) is 0. The van der Waals surface area contributed by atoms with Crippen molar-refractivity contribution in [3.63, 3.8) is 0 Å². The van der Waals surface area contributed by atoms with E-state index in [-0.39, 0.29) is 53.3 Å². The van der Waals surface area contributed by atoms with E-state index in [0.717, 1.165) is 0 Å². The van der Waals surface area contributed by atoms with Crippen LogP contribution in [0.4, 0.5) is 0 Å². The van der Waals surface area contributed by atoms with Crippen molar-refractivity contribution in [2.45, 2.75) is 7.43 Å². The maximum atomic E-state index is 0. The topological polar surface area (TPSA) is 0 Å². The molecule has 0 heterocycles. The minimum atomic E-state index is 0. The van der Waals surface area contributed by atoms with Gasteiger partial charge in [-0.05, 0) is 0 Å².